The fourth-order valence-electron chi connectivity index (χ4n) is 2.46. The minimum absolute atomic E-state index is 0.214. The van der Waals surface area contributed by atoms with Crippen LogP contribution in [0.2, 0.25) is 0 Å². The Kier molecular flexibility index (Phi) is 8.98. The third kappa shape index (κ3) is 7.46. The lowest BCUT2D eigenvalue weighted by molar-refractivity contribution is -0.123. The van der Waals surface area contributed by atoms with Gasteiger partial charge in [-0.25, -0.2) is 0 Å². The van der Waals surface area contributed by atoms with Crippen molar-refractivity contribution in [3.63, 3.8) is 0 Å². The Bertz CT molecular complexity index is 790. The molecule has 156 valence electrons. The van der Waals surface area contributed by atoms with Crippen LogP contribution < -0.4 is 20.3 Å². The molecule has 7 nitrogen and oxygen atoms in total. The minimum atomic E-state index is -0.480. The van der Waals surface area contributed by atoms with Crippen molar-refractivity contribution in [2.75, 3.05) is 26.4 Å². The smallest absolute Gasteiger partial charge is 0.276 e. The van der Waals surface area contributed by atoms with Crippen LogP contribution in [0.1, 0.15) is 42.6 Å². The highest BCUT2D eigenvalue weighted by atomic mass is 16.5. The molecule has 0 spiro atoms. The summed E-state index contributed by atoms with van der Waals surface area (Å²) >= 11 is 0. The lowest BCUT2D eigenvalue weighted by Gasteiger charge is -2.13. The van der Waals surface area contributed by atoms with Crippen LogP contribution in [0.4, 0.5) is 0 Å². The van der Waals surface area contributed by atoms with Gasteiger partial charge in [-0.3, -0.25) is 20.4 Å². The number of nitrogens with one attached hydrogen (secondary N) is 2. The molecular formula is C22H28N2O5. The van der Waals surface area contributed by atoms with Gasteiger partial charge in [-0.15, -0.1) is 0 Å². The number of hydrogen-bond acceptors (Lipinski definition) is 5. The number of hydrazine groups is 1. The van der Waals surface area contributed by atoms with E-state index >= 15 is 0 Å². The highest BCUT2D eigenvalue weighted by Crippen LogP contribution is 2.19. The van der Waals surface area contributed by atoms with Gasteiger partial charge in [0.15, 0.2) is 6.61 Å². The first-order valence-electron chi connectivity index (χ1n) is 9.62. The molecular weight excluding hydrogens is 372 g/mol. The molecule has 0 heterocycles. The highest BCUT2D eigenvalue weighted by molar-refractivity contribution is 5.97. The van der Waals surface area contributed by atoms with Crippen molar-refractivity contribution in [1.82, 2.24) is 10.9 Å². The summed E-state index contributed by atoms with van der Waals surface area (Å²) in [4.78, 5) is 24.3. The van der Waals surface area contributed by atoms with Crippen LogP contribution in [-0.4, -0.2) is 38.2 Å². The molecule has 0 aliphatic heterocycles. The van der Waals surface area contributed by atoms with Crippen LogP contribution in [0.3, 0.4) is 0 Å². The SMILES string of the molecule is CCOCCOc1ccccc1C(=O)NNC(=O)COc1ccc(C(C)C)cc1. The Morgan fingerprint density at radius 3 is 2.34 bits per heavy atom. The first kappa shape index (κ1) is 22.2. The van der Waals surface area contributed by atoms with Gasteiger partial charge in [0, 0.05) is 6.61 Å². The van der Waals surface area contributed by atoms with E-state index in [-0.39, 0.29) is 6.61 Å². The first-order valence-corrected chi connectivity index (χ1v) is 9.62. The van der Waals surface area contributed by atoms with E-state index in [9.17, 15) is 9.59 Å². The zero-order valence-electron chi connectivity index (χ0n) is 17.1. The Labute approximate surface area is 171 Å². The lowest BCUT2D eigenvalue weighted by atomic mass is 10.0. The van der Waals surface area contributed by atoms with E-state index in [0.29, 0.717) is 42.8 Å². The van der Waals surface area contributed by atoms with Crippen molar-refractivity contribution in [1.29, 1.82) is 0 Å². The van der Waals surface area contributed by atoms with E-state index in [0.717, 1.165) is 0 Å². The van der Waals surface area contributed by atoms with Gasteiger partial charge < -0.3 is 14.2 Å². The van der Waals surface area contributed by atoms with Crippen LogP contribution in [0.25, 0.3) is 0 Å². The van der Waals surface area contributed by atoms with E-state index in [1.165, 1.54) is 5.56 Å². The molecule has 0 saturated heterocycles. The second-order valence-electron chi connectivity index (χ2n) is 6.56. The van der Waals surface area contributed by atoms with Crippen molar-refractivity contribution in [2.24, 2.45) is 0 Å². The zero-order valence-corrected chi connectivity index (χ0v) is 17.1. The summed E-state index contributed by atoms with van der Waals surface area (Å²) in [6.45, 7) is 7.25. The third-order valence-electron chi connectivity index (χ3n) is 4.05. The third-order valence-corrected chi connectivity index (χ3v) is 4.05. The maximum absolute atomic E-state index is 12.4. The van der Waals surface area contributed by atoms with E-state index < -0.39 is 11.8 Å². The molecule has 2 rings (SSSR count). The Morgan fingerprint density at radius 2 is 1.66 bits per heavy atom. The average molecular weight is 400 g/mol. The predicted octanol–water partition coefficient (Wildman–Crippen LogP) is 3.07. The first-order chi connectivity index (χ1) is 14.0. The largest absolute Gasteiger partial charge is 0.490 e. The summed E-state index contributed by atoms with van der Waals surface area (Å²) in [5.41, 5.74) is 6.22. The van der Waals surface area contributed by atoms with Gasteiger partial charge in [0.2, 0.25) is 0 Å². The van der Waals surface area contributed by atoms with E-state index in [1.54, 1.807) is 24.3 Å². The Balaban J connectivity index is 1.80. The topological polar surface area (TPSA) is 85.9 Å². The van der Waals surface area contributed by atoms with E-state index in [2.05, 4.69) is 24.7 Å². The van der Waals surface area contributed by atoms with Crippen molar-refractivity contribution < 1.29 is 23.8 Å². The lowest BCUT2D eigenvalue weighted by Crippen LogP contribution is -2.43. The molecule has 0 saturated carbocycles. The second kappa shape index (κ2) is 11.7. The molecule has 29 heavy (non-hydrogen) atoms. The molecule has 0 aliphatic rings. The van der Waals surface area contributed by atoms with Crippen molar-refractivity contribution in [2.45, 2.75) is 26.7 Å². The van der Waals surface area contributed by atoms with Gasteiger partial charge in [0.05, 0.1) is 12.2 Å². The second-order valence-corrected chi connectivity index (χ2v) is 6.56. The summed E-state index contributed by atoms with van der Waals surface area (Å²) < 4.78 is 16.2. The zero-order chi connectivity index (χ0) is 21.1. The molecule has 0 unspecified atom stereocenters. The molecule has 7 heteroatoms. The number of hydrogen-bond donors (Lipinski definition) is 2. The van der Waals surface area contributed by atoms with Gasteiger partial charge in [-0.05, 0) is 42.7 Å². The Morgan fingerprint density at radius 1 is 0.931 bits per heavy atom. The van der Waals surface area contributed by atoms with Crippen molar-refractivity contribution in [3.05, 3.63) is 59.7 Å². The number of carbonyl (C=O) groups excluding carboxylic acids is 2. The van der Waals surface area contributed by atoms with Crippen LogP contribution in [-0.2, 0) is 9.53 Å². The number of para-hydroxylation sites is 1. The molecule has 2 N–H and O–H groups in total. The van der Waals surface area contributed by atoms with Gasteiger partial charge in [0.1, 0.15) is 18.1 Å². The summed E-state index contributed by atoms with van der Waals surface area (Å²) in [6.07, 6.45) is 0. The van der Waals surface area contributed by atoms with E-state index in [4.69, 9.17) is 14.2 Å². The molecule has 0 fully saturated rings. The van der Waals surface area contributed by atoms with Crippen LogP contribution in [0, 0.1) is 0 Å². The fourth-order valence-corrected chi connectivity index (χ4v) is 2.46. The van der Waals surface area contributed by atoms with Crippen molar-refractivity contribution >= 4 is 11.8 Å². The van der Waals surface area contributed by atoms with Crippen LogP contribution in [0.5, 0.6) is 11.5 Å². The van der Waals surface area contributed by atoms with Gasteiger partial charge in [-0.1, -0.05) is 38.1 Å². The maximum Gasteiger partial charge on any atom is 0.276 e. The van der Waals surface area contributed by atoms with Crippen LogP contribution >= 0.6 is 0 Å². The van der Waals surface area contributed by atoms with Gasteiger partial charge in [0.25, 0.3) is 11.8 Å². The normalized spacial score (nSPS) is 10.5. The average Bonchev–Trinajstić information content (AvgIpc) is 2.74. The van der Waals surface area contributed by atoms with Crippen molar-refractivity contribution in [3.8, 4) is 11.5 Å². The molecule has 0 radical (unpaired) electrons. The summed E-state index contributed by atoms with van der Waals surface area (Å²) in [5.74, 6) is 0.477. The monoisotopic (exact) mass is 400 g/mol. The molecule has 2 amide bonds. The number of ether oxygens (including phenoxy) is 3. The number of benzene rings is 2. The minimum Gasteiger partial charge on any atom is -0.490 e. The standard InChI is InChI=1S/C22H28N2O5/c1-4-27-13-14-28-20-8-6-5-7-19(20)22(26)24-23-21(25)15-29-18-11-9-17(10-12-18)16(2)3/h5-12,16H,4,13-15H2,1-3H3,(H,23,25)(H,24,26). The summed E-state index contributed by atoms with van der Waals surface area (Å²) in [6, 6.07) is 14.3. The van der Waals surface area contributed by atoms with E-state index in [1.807, 2.05) is 31.2 Å². The maximum atomic E-state index is 12.4. The Hall–Kier alpha value is -3.06. The van der Waals surface area contributed by atoms with Gasteiger partial charge >= 0.3 is 0 Å². The predicted molar refractivity (Wildman–Crippen MR) is 110 cm³/mol. The number of carbonyl (C=O) groups is 2. The molecule has 0 aromatic heterocycles. The summed E-state index contributed by atoms with van der Waals surface area (Å²) in [5, 5.41) is 0. The molecule has 0 bridgehead atoms. The van der Waals surface area contributed by atoms with Crippen LogP contribution in [0.15, 0.2) is 48.5 Å². The number of amides is 2. The quantitative estimate of drug-likeness (QED) is 0.473. The van der Waals surface area contributed by atoms with Gasteiger partial charge in [-0.2, -0.15) is 0 Å². The fraction of sp³-hybridized carbons (Fsp3) is 0.364. The molecule has 2 aromatic carbocycles. The highest BCUT2D eigenvalue weighted by Gasteiger charge is 2.13. The molecule has 0 aliphatic carbocycles. The number of rotatable bonds is 10. The molecule has 2 aromatic rings. The molecule has 0 atom stereocenters. The summed E-state index contributed by atoms with van der Waals surface area (Å²) in [7, 11) is 0.